The maximum Gasteiger partial charge on any atom is 0.00705 e. The first-order chi connectivity index (χ1) is 6.24. The Morgan fingerprint density at radius 2 is 1.92 bits per heavy atom. The molecule has 0 amide bonds. The summed E-state index contributed by atoms with van der Waals surface area (Å²) in [6.45, 7) is 6.68. The van der Waals surface area contributed by atoms with Gasteiger partial charge in [0, 0.05) is 19.1 Å². The molecule has 1 atom stereocenters. The largest absolute Gasteiger partial charge is 0.317 e. The van der Waals surface area contributed by atoms with Gasteiger partial charge >= 0.3 is 0 Å². The molecule has 2 nitrogen and oxygen atoms in total. The summed E-state index contributed by atoms with van der Waals surface area (Å²) in [6, 6.07) is 0.809. The van der Waals surface area contributed by atoms with Crippen LogP contribution in [0.3, 0.4) is 0 Å². The molecule has 2 rings (SSSR count). The van der Waals surface area contributed by atoms with Gasteiger partial charge in [-0.15, -0.1) is 0 Å². The topological polar surface area (TPSA) is 15.3 Å². The van der Waals surface area contributed by atoms with Gasteiger partial charge in [0.1, 0.15) is 0 Å². The lowest BCUT2D eigenvalue weighted by Gasteiger charge is -2.46. The van der Waals surface area contributed by atoms with Crippen molar-refractivity contribution in [3.05, 3.63) is 0 Å². The first-order valence-electron chi connectivity index (χ1n) is 5.60. The van der Waals surface area contributed by atoms with Crippen molar-refractivity contribution in [3.8, 4) is 0 Å². The monoisotopic (exact) mass is 184 g/mol. The molecular weight excluding hydrogens is 160 g/mol. The Labute approximate surface area is 82.7 Å². The molecule has 13 heavy (non-hydrogen) atoms. The third-order valence-corrected chi connectivity index (χ3v) is 3.32. The predicted octanol–water partition coefficient (Wildman–Crippen LogP) is 1.72. The van der Waals surface area contributed by atoms with Crippen LogP contribution in [0.15, 0.2) is 0 Å². The maximum absolute atomic E-state index is 3.38. The highest BCUT2D eigenvalue weighted by Crippen LogP contribution is 2.44. The van der Waals surface area contributed by atoms with Crippen molar-refractivity contribution in [3.63, 3.8) is 0 Å². The molecule has 1 saturated heterocycles. The second kappa shape index (κ2) is 4.43. The van der Waals surface area contributed by atoms with Crippen molar-refractivity contribution in [1.29, 1.82) is 0 Å². The van der Waals surface area contributed by atoms with Crippen LogP contribution < -0.4 is 5.32 Å². The number of nitrogens with one attached hydrogen (secondary N) is 1. The van der Waals surface area contributed by atoms with Crippen LogP contribution in [-0.2, 0) is 0 Å². The fourth-order valence-corrected chi connectivity index (χ4v) is 2.84. The fourth-order valence-electron chi connectivity index (χ4n) is 2.84. The van der Waals surface area contributed by atoms with Crippen LogP contribution in [0.2, 0.25) is 0 Å². The highest BCUT2D eigenvalue weighted by molar-refractivity contribution is 5.00. The second-order valence-electron chi connectivity index (χ2n) is 4.40. The maximum atomic E-state index is 3.38. The average molecular weight is 184 g/mol. The smallest absolute Gasteiger partial charge is 0.00705 e. The normalized spacial score (nSPS) is 30.9. The molecular formula is C11H24N2. The van der Waals surface area contributed by atoms with Gasteiger partial charge < -0.3 is 10.2 Å². The molecule has 1 aliphatic heterocycles. The van der Waals surface area contributed by atoms with E-state index in [1.54, 1.807) is 0 Å². The van der Waals surface area contributed by atoms with E-state index >= 15 is 0 Å². The van der Waals surface area contributed by atoms with Gasteiger partial charge in [0.2, 0.25) is 0 Å². The molecule has 1 aliphatic carbocycles. The fraction of sp³-hybridized carbons (Fsp3) is 1.00. The number of rotatable bonds is 1. The molecule has 0 aromatic rings. The Bertz CT molecular complexity index is 150. The third-order valence-electron chi connectivity index (χ3n) is 3.32. The first kappa shape index (κ1) is 11.0. The van der Waals surface area contributed by atoms with Crippen LogP contribution in [0.1, 0.15) is 33.1 Å². The van der Waals surface area contributed by atoms with Crippen LogP contribution in [0.4, 0.5) is 0 Å². The van der Waals surface area contributed by atoms with Crippen LogP contribution >= 0.6 is 0 Å². The molecule has 0 bridgehead atoms. The summed E-state index contributed by atoms with van der Waals surface area (Å²) in [4.78, 5) is 2.43. The summed E-state index contributed by atoms with van der Waals surface area (Å²) in [5.74, 6) is 0. The van der Waals surface area contributed by atoms with Gasteiger partial charge in [-0.05, 0) is 38.8 Å². The van der Waals surface area contributed by atoms with E-state index < -0.39 is 0 Å². The summed E-state index contributed by atoms with van der Waals surface area (Å²) in [7, 11) is 4.31. The highest BCUT2D eigenvalue weighted by atomic mass is 15.2. The quantitative estimate of drug-likeness (QED) is 0.667. The van der Waals surface area contributed by atoms with E-state index in [4.69, 9.17) is 0 Å². The molecule has 2 fully saturated rings. The summed E-state index contributed by atoms with van der Waals surface area (Å²) in [5, 5.41) is 3.38. The van der Waals surface area contributed by atoms with Crippen molar-refractivity contribution in [1.82, 2.24) is 10.2 Å². The van der Waals surface area contributed by atoms with Gasteiger partial charge in [-0.2, -0.15) is 0 Å². The number of nitrogens with zero attached hydrogens (tertiary/aromatic N) is 1. The molecule has 1 heterocycles. The highest BCUT2D eigenvalue weighted by Gasteiger charge is 2.45. The van der Waals surface area contributed by atoms with E-state index in [1.165, 1.54) is 32.4 Å². The Morgan fingerprint density at radius 1 is 1.31 bits per heavy atom. The molecule has 2 heteroatoms. The van der Waals surface area contributed by atoms with E-state index in [-0.39, 0.29) is 0 Å². The van der Waals surface area contributed by atoms with Crippen LogP contribution in [0.5, 0.6) is 0 Å². The Morgan fingerprint density at radius 3 is 2.31 bits per heavy atom. The van der Waals surface area contributed by atoms with Gasteiger partial charge in [0.25, 0.3) is 0 Å². The minimum atomic E-state index is 0.725. The van der Waals surface area contributed by atoms with Gasteiger partial charge in [-0.1, -0.05) is 13.8 Å². The number of hydrogen-bond donors (Lipinski definition) is 1. The average Bonchev–Trinajstić information content (AvgIpc) is 2.52. The van der Waals surface area contributed by atoms with Gasteiger partial charge in [-0.25, -0.2) is 0 Å². The van der Waals surface area contributed by atoms with Crippen LogP contribution in [0, 0.1) is 5.41 Å². The van der Waals surface area contributed by atoms with E-state index in [0.717, 1.165) is 11.5 Å². The molecule has 0 aromatic carbocycles. The molecule has 1 spiro atoms. The molecule has 1 N–H and O–H groups in total. The molecule has 0 aromatic heterocycles. The third kappa shape index (κ3) is 2.23. The zero-order valence-electron chi connectivity index (χ0n) is 9.56. The minimum absolute atomic E-state index is 0.725. The van der Waals surface area contributed by atoms with E-state index in [2.05, 4.69) is 24.3 Å². The van der Waals surface area contributed by atoms with Crippen molar-refractivity contribution in [2.75, 3.05) is 27.2 Å². The van der Waals surface area contributed by atoms with Crippen LogP contribution in [0.25, 0.3) is 0 Å². The van der Waals surface area contributed by atoms with E-state index in [1.807, 2.05) is 13.8 Å². The summed E-state index contributed by atoms with van der Waals surface area (Å²) in [6.07, 6.45) is 4.25. The van der Waals surface area contributed by atoms with E-state index in [9.17, 15) is 0 Å². The van der Waals surface area contributed by atoms with Gasteiger partial charge in [0.05, 0.1) is 0 Å². The Kier molecular flexibility index (Phi) is 3.74. The zero-order chi connectivity index (χ0) is 9.90. The van der Waals surface area contributed by atoms with Crippen molar-refractivity contribution in [2.24, 2.45) is 5.41 Å². The van der Waals surface area contributed by atoms with E-state index in [0.29, 0.717) is 0 Å². The predicted molar refractivity (Wildman–Crippen MR) is 58.0 cm³/mol. The SMILES string of the molecule is CC.CNC1CCC2(C1)CN(C)C2. The molecule has 2 aliphatic rings. The van der Waals surface area contributed by atoms with Gasteiger partial charge in [0.15, 0.2) is 0 Å². The summed E-state index contributed by atoms with van der Waals surface area (Å²) < 4.78 is 0. The minimum Gasteiger partial charge on any atom is -0.317 e. The Hall–Kier alpha value is -0.0800. The summed E-state index contributed by atoms with van der Waals surface area (Å²) >= 11 is 0. The number of likely N-dealkylation sites (tertiary alicyclic amines) is 1. The lowest BCUT2D eigenvalue weighted by Crippen LogP contribution is -2.53. The molecule has 1 unspecified atom stereocenters. The zero-order valence-corrected chi connectivity index (χ0v) is 9.56. The van der Waals surface area contributed by atoms with Gasteiger partial charge in [-0.3, -0.25) is 0 Å². The summed E-state index contributed by atoms with van der Waals surface area (Å²) in [5.41, 5.74) is 0.725. The molecule has 78 valence electrons. The lowest BCUT2D eigenvalue weighted by atomic mass is 9.78. The molecule has 0 radical (unpaired) electrons. The first-order valence-corrected chi connectivity index (χ1v) is 5.60. The second-order valence-corrected chi connectivity index (χ2v) is 4.40. The standard InChI is InChI=1S/C9H18N2.C2H6/c1-10-8-3-4-9(5-8)6-11(2)7-9;1-2/h8,10H,3-7H2,1-2H3;1-2H3. The van der Waals surface area contributed by atoms with Crippen molar-refractivity contribution < 1.29 is 0 Å². The lowest BCUT2D eigenvalue weighted by molar-refractivity contribution is 0.0270. The Balaban J connectivity index is 0.000000396. The number of hydrogen-bond acceptors (Lipinski definition) is 2. The van der Waals surface area contributed by atoms with Crippen LogP contribution in [-0.4, -0.2) is 38.1 Å². The van der Waals surface area contributed by atoms with Crippen molar-refractivity contribution in [2.45, 2.75) is 39.2 Å². The molecule has 1 saturated carbocycles. The van der Waals surface area contributed by atoms with Crippen molar-refractivity contribution >= 4 is 0 Å².